The maximum absolute atomic E-state index is 12.2. The van der Waals surface area contributed by atoms with Crippen LogP contribution >= 0.6 is 0 Å². The average molecular weight is 291 g/mol. The molecule has 2 N–H and O–H groups in total. The van der Waals surface area contributed by atoms with E-state index in [0.29, 0.717) is 13.0 Å². The number of hydrogen-bond acceptors (Lipinski definition) is 3. The molecule has 1 saturated heterocycles. The molecule has 5 heteroatoms. The summed E-state index contributed by atoms with van der Waals surface area (Å²) >= 11 is 0. The Balaban J connectivity index is 2.00. The molecule has 1 fully saturated rings. The third kappa shape index (κ3) is 4.29. The zero-order valence-electron chi connectivity index (χ0n) is 12.2. The molecular formula is C16H21NO4. The number of amides is 1. The number of benzene rings is 1. The van der Waals surface area contributed by atoms with E-state index in [1.807, 2.05) is 24.3 Å². The van der Waals surface area contributed by atoms with Gasteiger partial charge in [0, 0.05) is 6.61 Å². The summed E-state index contributed by atoms with van der Waals surface area (Å²) in [6.45, 7) is 2.82. The second-order valence-corrected chi connectivity index (χ2v) is 5.55. The number of nitrogens with one attached hydrogen (secondary N) is 1. The molecule has 1 aromatic rings. The maximum Gasteiger partial charge on any atom is 0.305 e. The number of carbonyl (C=O) groups excluding carboxylic acids is 1. The van der Waals surface area contributed by atoms with E-state index >= 15 is 0 Å². The van der Waals surface area contributed by atoms with Crippen LogP contribution in [0.15, 0.2) is 24.3 Å². The lowest BCUT2D eigenvalue weighted by Crippen LogP contribution is -2.51. The van der Waals surface area contributed by atoms with Crippen LogP contribution in [0, 0.1) is 0 Å². The minimum atomic E-state index is -0.922. The minimum Gasteiger partial charge on any atom is -0.481 e. The molecule has 2 rings (SSSR count). The first-order chi connectivity index (χ1) is 10.0. The van der Waals surface area contributed by atoms with E-state index in [1.165, 1.54) is 5.56 Å². The van der Waals surface area contributed by atoms with Gasteiger partial charge in [-0.2, -0.15) is 0 Å². The van der Waals surface area contributed by atoms with Gasteiger partial charge in [-0.25, -0.2) is 0 Å². The van der Waals surface area contributed by atoms with Gasteiger partial charge in [0.2, 0.25) is 5.91 Å². The van der Waals surface area contributed by atoms with Crippen molar-refractivity contribution < 1.29 is 19.4 Å². The number of aliphatic carboxylic acids is 1. The van der Waals surface area contributed by atoms with E-state index in [2.05, 4.69) is 12.2 Å². The fourth-order valence-corrected chi connectivity index (χ4v) is 2.66. The van der Waals surface area contributed by atoms with Gasteiger partial charge < -0.3 is 15.2 Å². The van der Waals surface area contributed by atoms with E-state index < -0.39 is 11.5 Å². The molecule has 114 valence electrons. The molecule has 1 aromatic carbocycles. The molecule has 1 atom stereocenters. The molecule has 1 unspecified atom stereocenters. The zero-order chi connectivity index (χ0) is 15.3. The van der Waals surface area contributed by atoms with E-state index in [1.54, 1.807) is 0 Å². The van der Waals surface area contributed by atoms with Crippen molar-refractivity contribution in [2.24, 2.45) is 0 Å². The standard InChI is InChI=1S/C16H21NO4/c1-2-12-4-3-5-13(8-12)9-14(18)17-16(10-15(19)20)6-7-21-11-16/h3-5,8H,2,6-7,9-11H2,1H3,(H,17,18)(H,19,20). The van der Waals surface area contributed by atoms with Crippen molar-refractivity contribution >= 4 is 11.9 Å². The second-order valence-electron chi connectivity index (χ2n) is 5.55. The number of ether oxygens (including phenoxy) is 1. The highest BCUT2D eigenvalue weighted by molar-refractivity contribution is 5.80. The lowest BCUT2D eigenvalue weighted by molar-refractivity contribution is -0.139. The van der Waals surface area contributed by atoms with E-state index in [-0.39, 0.29) is 25.4 Å². The van der Waals surface area contributed by atoms with Gasteiger partial charge in [-0.1, -0.05) is 31.2 Å². The molecule has 0 aromatic heterocycles. The van der Waals surface area contributed by atoms with Crippen LogP contribution in [0.1, 0.15) is 30.9 Å². The van der Waals surface area contributed by atoms with Gasteiger partial charge in [0.25, 0.3) is 0 Å². The maximum atomic E-state index is 12.2. The lowest BCUT2D eigenvalue weighted by atomic mass is 9.93. The second kappa shape index (κ2) is 6.72. The Kier molecular flexibility index (Phi) is 4.96. The number of rotatable bonds is 6. The van der Waals surface area contributed by atoms with Crippen molar-refractivity contribution in [1.29, 1.82) is 0 Å². The Hall–Kier alpha value is -1.88. The molecule has 1 amide bonds. The fraction of sp³-hybridized carbons (Fsp3) is 0.500. The summed E-state index contributed by atoms with van der Waals surface area (Å²) in [6, 6.07) is 7.88. The quantitative estimate of drug-likeness (QED) is 0.833. The monoisotopic (exact) mass is 291 g/mol. The normalized spacial score (nSPS) is 21.2. The predicted molar refractivity (Wildman–Crippen MR) is 78.1 cm³/mol. The minimum absolute atomic E-state index is 0.103. The van der Waals surface area contributed by atoms with Crippen LogP contribution in [0.5, 0.6) is 0 Å². The van der Waals surface area contributed by atoms with Crippen LogP contribution in [-0.2, 0) is 27.2 Å². The van der Waals surface area contributed by atoms with Crippen LogP contribution in [0.4, 0.5) is 0 Å². The topological polar surface area (TPSA) is 75.6 Å². The number of carboxylic acids is 1. The Labute approximate surface area is 124 Å². The molecule has 0 saturated carbocycles. The van der Waals surface area contributed by atoms with Crippen LogP contribution < -0.4 is 5.32 Å². The SMILES string of the molecule is CCc1cccc(CC(=O)NC2(CC(=O)O)CCOC2)c1. The van der Waals surface area contributed by atoms with Gasteiger partial charge in [0.05, 0.1) is 25.0 Å². The molecule has 21 heavy (non-hydrogen) atoms. The van der Waals surface area contributed by atoms with Crippen molar-refractivity contribution in [2.75, 3.05) is 13.2 Å². The first kappa shape index (κ1) is 15.5. The van der Waals surface area contributed by atoms with Crippen LogP contribution in [0.3, 0.4) is 0 Å². The average Bonchev–Trinajstić information content (AvgIpc) is 2.85. The van der Waals surface area contributed by atoms with Crippen LogP contribution in [-0.4, -0.2) is 35.7 Å². The third-order valence-electron chi connectivity index (χ3n) is 3.76. The Morgan fingerprint density at radius 2 is 2.14 bits per heavy atom. The zero-order valence-corrected chi connectivity index (χ0v) is 12.2. The van der Waals surface area contributed by atoms with E-state index in [4.69, 9.17) is 9.84 Å². The third-order valence-corrected chi connectivity index (χ3v) is 3.76. The predicted octanol–water partition coefficient (Wildman–Crippen LogP) is 1.54. The molecule has 0 spiro atoms. The van der Waals surface area contributed by atoms with Crippen molar-refractivity contribution in [2.45, 2.75) is 38.1 Å². The van der Waals surface area contributed by atoms with Gasteiger partial charge >= 0.3 is 5.97 Å². The Morgan fingerprint density at radius 1 is 1.38 bits per heavy atom. The van der Waals surface area contributed by atoms with Gasteiger partial charge in [-0.15, -0.1) is 0 Å². The molecule has 1 heterocycles. The van der Waals surface area contributed by atoms with Crippen molar-refractivity contribution in [1.82, 2.24) is 5.32 Å². The molecule has 0 radical (unpaired) electrons. The van der Waals surface area contributed by atoms with Crippen molar-refractivity contribution in [3.05, 3.63) is 35.4 Å². The van der Waals surface area contributed by atoms with Crippen molar-refractivity contribution in [3.63, 3.8) is 0 Å². The highest BCUT2D eigenvalue weighted by Crippen LogP contribution is 2.23. The summed E-state index contributed by atoms with van der Waals surface area (Å²) in [4.78, 5) is 23.2. The Morgan fingerprint density at radius 3 is 2.76 bits per heavy atom. The highest BCUT2D eigenvalue weighted by atomic mass is 16.5. The molecule has 5 nitrogen and oxygen atoms in total. The first-order valence-electron chi connectivity index (χ1n) is 7.21. The summed E-state index contributed by atoms with van der Waals surface area (Å²) in [5, 5.41) is 11.9. The van der Waals surface area contributed by atoms with Gasteiger partial charge in [0.1, 0.15) is 0 Å². The summed E-state index contributed by atoms with van der Waals surface area (Å²) < 4.78 is 5.27. The van der Waals surface area contributed by atoms with Gasteiger partial charge in [-0.3, -0.25) is 9.59 Å². The number of carbonyl (C=O) groups is 2. The fourth-order valence-electron chi connectivity index (χ4n) is 2.66. The molecular weight excluding hydrogens is 270 g/mol. The van der Waals surface area contributed by atoms with E-state index in [9.17, 15) is 9.59 Å². The lowest BCUT2D eigenvalue weighted by Gasteiger charge is -2.27. The largest absolute Gasteiger partial charge is 0.481 e. The molecule has 0 bridgehead atoms. The van der Waals surface area contributed by atoms with E-state index in [0.717, 1.165) is 12.0 Å². The summed E-state index contributed by atoms with van der Waals surface area (Å²) in [6.07, 6.45) is 1.62. The molecule has 1 aliphatic heterocycles. The first-order valence-corrected chi connectivity index (χ1v) is 7.21. The number of hydrogen-bond donors (Lipinski definition) is 2. The summed E-state index contributed by atoms with van der Waals surface area (Å²) in [5.74, 6) is -1.08. The van der Waals surface area contributed by atoms with Crippen LogP contribution in [0.2, 0.25) is 0 Å². The number of carboxylic acid groups (broad SMARTS) is 1. The Bertz CT molecular complexity index is 521. The van der Waals surface area contributed by atoms with Gasteiger partial charge in [0.15, 0.2) is 0 Å². The summed E-state index contributed by atoms with van der Waals surface area (Å²) in [7, 11) is 0. The van der Waals surface area contributed by atoms with Crippen LogP contribution in [0.25, 0.3) is 0 Å². The number of aryl methyl sites for hydroxylation is 1. The van der Waals surface area contributed by atoms with Crippen molar-refractivity contribution in [3.8, 4) is 0 Å². The molecule has 1 aliphatic rings. The highest BCUT2D eigenvalue weighted by Gasteiger charge is 2.38. The smallest absolute Gasteiger partial charge is 0.305 e. The summed E-state index contributed by atoms with van der Waals surface area (Å²) in [5.41, 5.74) is 1.37. The molecule has 0 aliphatic carbocycles. The van der Waals surface area contributed by atoms with Gasteiger partial charge in [-0.05, 0) is 24.0 Å².